The quantitative estimate of drug-likeness (QED) is 0.196. The van der Waals surface area contributed by atoms with Gasteiger partial charge in [-0.05, 0) is 36.1 Å². The van der Waals surface area contributed by atoms with Crippen molar-refractivity contribution in [1.29, 1.82) is 0 Å². The van der Waals surface area contributed by atoms with Crippen LogP contribution in [-0.4, -0.2) is 43.3 Å². The molecule has 0 radical (unpaired) electrons. The van der Waals surface area contributed by atoms with Gasteiger partial charge >= 0.3 is 0 Å². The molecule has 0 saturated carbocycles. The van der Waals surface area contributed by atoms with Gasteiger partial charge in [-0.2, -0.15) is 0 Å². The van der Waals surface area contributed by atoms with E-state index in [9.17, 15) is 4.79 Å². The number of carbonyl (C=O) groups excluding carboxylic acids is 1. The van der Waals surface area contributed by atoms with E-state index in [-0.39, 0.29) is 18.2 Å². The summed E-state index contributed by atoms with van der Waals surface area (Å²) in [5, 5.41) is 11.8. The third-order valence-electron chi connectivity index (χ3n) is 5.01. The van der Waals surface area contributed by atoms with Gasteiger partial charge in [-0.1, -0.05) is 43.0 Å². The van der Waals surface area contributed by atoms with Crippen LogP contribution in [0.1, 0.15) is 19.2 Å². The van der Waals surface area contributed by atoms with Crippen molar-refractivity contribution in [3.63, 3.8) is 0 Å². The Kier molecular flexibility index (Phi) is 6.68. The molecule has 8 nitrogen and oxygen atoms in total. The van der Waals surface area contributed by atoms with Crippen LogP contribution in [0.25, 0.3) is 33.3 Å². The van der Waals surface area contributed by atoms with Crippen molar-refractivity contribution < 1.29 is 13.6 Å². The van der Waals surface area contributed by atoms with Crippen LogP contribution in [0.4, 0.5) is 0 Å². The zero-order valence-corrected chi connectivity index (χ0v) is 20.0. The van der Waals surface area contributed by atoms with Crippen LogP contribution in [-0.2, 0) is 11.3 Å². The van der Waals surface area contributed by atoms with Crippen molar-refractivity contribution in [2.45, 2.75) is 24.9 Å². The van der Waals surface area contributed by atoms with E-state index in [1.54, 1.807) is 17.2 Å². The van der Waals surface area contributed by atoms with E-state index in [4.69, 9.17) is 8.83 Å². The molecule has 4 heterocycles. The largest absolute Gasteiger partial charge is 0.461 e. The zero-order chi connectivity index (χ0) is 23.3. The molecule has 1 aromatic carbocycles. The first-order valence-corrected chi connectivity index (χ1v) is 12.7. The molecular formula is C24H21N5O3S2. The van der Waals surface area contributed by atoms with E-state index in [0.29, 0.717) is 29.9 Å². The van der Waals surface area contributed by atoms with Crippen molar-refractivity contribution in [2.24, 2.45) is 0 Å². The monoisotopic (exact) mass is 491 g/mol. The van der Waals surface area contributed by atoms with Crippen LogP contribution in [0.2, 0.25) is 0 Å². The van der Waals surface area contributed by atoms with Gasteiger partial charge in [0.05, 0.1) is 29.0 Å². The van der Waals surface area contributed by atoms with Gasteiger partial charge in [0, 0.05) is 11.9 Å². The van der Waals surface area contributed by atoms with E-state index >= 15 is 0 Å². The summed E-state index contributed by atoms with van der Waals surface area (Å²) in [5.41, 5.74) is 0.802. The SMILES string of the molecule is CCCN(Cc1nnc(-c2cccs2)o1)C(=O)CSc1nc(-c2ccco2)nc2ccccc12. The first-order valence-electron chi connectivity index (χ1n) is 10.8. The predicted octanol–water partition coefficient (Wildman–Crippen LogP) is 5.53. The highest BCUT2D eigenvalue weighted by Crippen LogP contribution is 2.29. The number of rotatable bonds is 9. The van der Waals surface area contributed by atoms with Gasteiger partial charge in [0.25, 0.3) is 5.89 Å². The molecule has 5 rings (SSSR count). The third-order valence-corrected chi connectivity index (χ3v) is 6.85. The summed E-state index contributed by atoms with van der Waals surface area (Å²) in [7, 11) is 0. The fourth-order valence-electron chi connectivity index (χ4n) is 3.44. The third kappa shape index (κ3) is 4.87. The molecule has 4 aromatic heterocycles. The highest BCUT2D eigenvalue weighted by Gasteiger charge is 2.19. The first-order chi connectivity index (χ1) is 16.7. The first kappa shape index (κ1) is 22.3. The second-order valence-electron chi connectivity index (χ2n) is 7.43. The second-order valence-corrected chi connectivity index (χ2v) is 9.34. The number of nitrogens with zero attached hydrogens (tertiary/aromatic N) is 5. The lowest BCUT2D eigenvalue weighted by molar-refractivity contribution is -0.129. The molecule has 1 amide bonds. The van der Waals surface area contributed by atoms with Crippen LogP contribution >= 0.6 is 23.1 Å². The van der Waals surface area contributed by atoms with E-state index in [1.807, 2.05) is 54.8 Å². The number of thioether (sulfide) groups is 1. The number of hydrogen-bond acceptors (Lipinski definition) is 9. The molecule has 10 heteroatoms. The van der Waals surface area contributed by atoms with Crippen molar-refractivity contribution in [1.82, 2.24) is 25.1 Å². The minimum Gasteiger partial charge on any atom is -0.461 e. The average Bonchev–Trinajstić information content (AvgIpc) is 3.64. The summed E-state index contributed by atoms with van der Waals surface area (Å²) in [6.45, 7) is 2.90. The van der Waals surface area contributed by atoms with Crippen LogP contribution in [0.3, 0.4) is 0 Å². The molecule has 0 N–H and O–H groups in total. The topological polar surface area (TPSA) is 98.2 Å². The van der Waals surface area contributed by atoms with Crippen LogP contribution < -0.4 is 0 Å². The Hall–Kier alpha value is -3.50. The minimum atomic E-state index is -0.0232. The number of para-hydroxylation sites is 1. The lowest BCUT2D eigenvalue weighted by atomic mass is 10.2. The summed E-state index contributed by atoms with van der Waals surface area (Å²) in [5.74, 6) is 2.18. The van der Waals surface area contributed by atoms with Crippen LogP contribution in [0, 0.1) is 0 Å². The van der Waals surface area contributed by atoms with Crippen molar-refractivity contribution in [3.8, 4) is 22.4 Å². The van der Waals surface area contributed by atoms with Gasteiger partial charge in [-0.15, -0.1) is 21.5 Å². The molecule has 0 bridgehead atoms. The van der Waals surface area contributed by atoms with E-state index in [0.717, 1.165) is 27.2 Å². The van der Waals surface area contributed by atoms with Gasteiger partial charge in [0.15, 0.2) is 11.6 Å². The number of thiophene rings is 1. The van der Waals surface area contributed by atoms with E-state index in [1.165, 1.54) is 23.1 Å². The average molecular weight is 492 g/mol. The summed E-state index contributed by atoms with van der Waals surface area (Å²) in [6, 6.07) is 15.2. The van der Waals surface area contributed by atoms with Crippen molar-refractivity contribution in [3.05, 3.63) is 66.1 Å². The van der Waals surface area contributed by atoms with Gasteiger partial charge < -0.3 is 13.7 Å². The predicted molar refractivity (Wildman–Crippen MR) is 131 cm³/mol. The Labute approximate surface area is 204 Å². The molecule has 0 unspecified atom stereocenters. The highest BCUT2D eigenvalue weighted by atomic mass is 32.2. The van der Waals surface area contributed by atoms with E-state index < -0.39 is 0 Å². The summed E-state index contributed by atoms with van der Waals surface area (Å²) >= 11 is 2.92. The molecule has 34 heavy (non-hydrogen) atoms. The molecule has 0 saturated heterocycles. The maximum Gasteiger partial charge on any atom is 0.257 e. The smallest absolute Gasteiger partial charge is 0.257 e. The molecule has 0 spiro atoms. The number of carbonyl (C=O) groups is 1. The standard InChI is InChI=1S/C24H21N5O3S2/c1-2-11-29(14-20-27-28-23(32-20)19-10-6-13-33-19)21(30)15-34-24-16-7-3-4-8-17(16)25-22(26-24)18-9-5-12-31-18/h3-10,12-13H,2,11,14-15H2,1H3. The van der Waals surface area contributed by atoms with Gasteiger partial charge in [-0.3, -0.25) is 4.79 Å². The van der Waals surface area contributed by atoms with Gasteiger partial charge in [-0.25, -0.2) is 9.97 Å². The highest BCUT2D eigenvalue weighted by molar-refractivity contribution is 8.00. The Morgan fingerprint density at radius 1 is 1.09 bits per heavy atom. The molecular weight excluding hydrogens is 470 g/mol. The number of aromatic nitrogens is 4. The Morgan fingerprint density at radius 3 is 2.79 bits per heavy atom. The second kappa shape index (κ2) is 10.2. The number of amides is 1. The summed E-state index contributed by atoms with van der Waals surface area (Å²) < 4.78 is 11.3. The summed E-state index contributed by atoms with van der Waals surface area (Å²) in [6.07, 6.45) is 2.41. The Bertz CT molecular complexity index is 1380. The molecule has 0 atom stereocenters. The molecule has 172 valence electrons. The number of benzene rings is 1. The fourth-order valence-corrected chi connectivity index (χ4v) is 5.00. The lowest BCUT2D eigenvalue weighted by Crippen LogP contribution is -2.32. The number of furan rings is 1. The number of fused-ring (bicyclic) bond motifs is 1. The molecule has 0 aliphatic carbocycles. The molecule has 5 aromatic rings. The van der Waals surface area contributed by atoms with Crippen LogP contribution in [0.15, 0.2) is 74.0 Å². The molecule has 0 aliphatic rings. The van der Waals surface area contributed by atoms with Gasteiger partial charge in [0.2, 0.25) is 11.8 Å². The normalized spacial score (nSPS) is 11.2. The van der Waals surface area contributed by atoms with Crippen molar-refractivity contribution in [2.75, 3.05) is 12.3 Å². The fraction of sp³-hybridized carbons (Fsp3) is 0.208. The van der Waals surface area contributed by atoms with Crippen molar-refractivity contribution >= 4 is 39.9 Å². The zero-order valence-electron chi connectivity index (χ0n) is 18.4. The number of hydrogen-bond donors (Lipinski definition) is 0. The maximum atomic E-state index is 13.2. The maximum absolute atomic E-state index is 13.2. The molecule has 0 aliphatic heterocycles. The summed E-state index contributed by atoms with van der Waals surface area (Å²) in [4.78, 5) is 25.1. The van der Waals surface area contributed by atoms with Gasteiger partial charge in [0.1, 0.15) is 5.03 Å². The Morgan fingerprint density at radius 2 is 2.00 bits per heavy atom. The Balaban J connectivity index is 1.33. The van der Waals surface area contributed by atoms with E-state index in [2.05, 4.69) is 20.2 Å². The molecule has 0 fully saturated rings. The minimum absolute atomic E-state index is 0.0232. The lowest BCUT2D eigenvalue weighted by Gasteiger charge is -2.20. The van der Waals surface area contributed by atoms with Crippen LogP contribution in [0.5, 0.6) is 0 Å².